The summed E-state index contributed by atoms with van der Waals surface area (Å²) in [5, 5.41) is 8.94. The van der Waals surface area contributed by atoms with Gasteiger partial charge in [-0.25, -0.2) is 4.39 Å². The predicted molar refractivity (Wildman–Crippen MR) is 36.1 cm³/mol. The van der Waals surface area contributed by atoms with Crippen LogP contribution >= 0.6 is 0 Å². The Kier molecular flexibility index (Phi) is 4.68. The minimum atomic E-state index is -0.736. The van der Waals surface area contributed by atoms with Gasteiger partial charge >= 0.3 is 0 Å². The summed E-state index contributed by atoms with van der Waals surface area (Å²) in [5.41, 5.74) is 0. The second-order valence-electron chi connectivity index (χ2n) is 2.30. The molecule has 56 valence electrons. The zero-order valence-electron chi connectivity index (χ0n) is 6.10. The third kappa shape index (κ3) is 2.80. The number of halogens is 1. The quantitative estimate of drug-likeness (QED) is 0.621. The topological polar surface area (TPSA) is 20.2 Å². The highest BCUT2D eigenvalue weighted by molar-refractivity contribution is 4.63. The van der Waals surface area contributed by atoms with E-state index in [1.807, 2.05) is 13.8 Å². The van der Waals surface area contributed by atoms with E-state index < -0.39 is 12.8 Å². The zero-order valence-corrected chi connectivity index (χ0v) is 6.10. The molecule has 0 fully saturated rings. The van der Waals surface area contributed by atoms with Crippen molar-refractivity contribution in [3.8, 4) is 0 Å². The first-order valence-corrected chi connectivity index (χ1v) is 3.50. The predicted octanol–water partition coefficient (Wildman–Crippen LogP) is 1.75. The van der Waals surface area contributed by atoms with Gasteiger partial charge in [-0.15, -0.1) is 0 Å². The number of hydrogen-bond acceptors (Lipinski definition) is 1. The van der Waals surface area contributed by atoms with Crippen molar-refractivity contribution >= 4 is 0 Å². The lowest BCUT2D eigenvalue weighted by Crippen LogP contribution is -2.20. The molecule has 0 saturated carbocycles. The van der Waals surface area contributed by atoms with E-state index in [1.165, 1.54) is 0 Å². The average molecular weight is 134 g/mol. The minimum Gasteiger partial charge on any atom is -0.390 e. The third-order valence-electron chi connectivity index (χ3n) is 1.75. The molecule has 0 amide bonds. The second-order valence-corrected chi connectivity index (χ2v) is 2.30. The van der Waals surface area contributed by atoms with E-state index in [0.29, 0.717) is 0 Å². The summed E-state index contributed by atoms with van der Waals surface area (Å²) >= 11 is 0. The number of aliphatic hydroxyl groups is 1. The molecule has 0 spiro atoms. The molecule has 0 aliphatic rings. The number of rotatable bonds is 4. The second kappa shape index (κ2) is 4.74. The summed E-state index contributed by atoms with van der Waals surface area (Å²) in [6.45, 7) is 3.33. The molecule has 0 bridgehead atoms. The molecule has 9 heavy (non-hydrogen) atoms. The summed E-state index contributed by atoms with van der Waals surface area (Å²) < 4.78 is 11.8. The van der Waals surface area contributed by atoms with Gasteiger partial charge in [-0.2, -0.15) is 0 Å². The first-order valence-electron chi connectivity index (χ1n) is 3.50. The molecule has 0 radical (unpaired) electrons. The number of aliphatic hydroxyl groups excluding tert-OH is 1. The fraction of sp³-hybridized carbons (Fsp3) is 1.00. The number of hydrogen-bond donors (Lipinski definition) is 1. The molecular formula is C7H15FO. The fourth-order valence-electron chi connectivity index (χ4n) is 0.959. The van der Waals surface area contributed by atoms with Gasteiger partial charge in [0.25, 0.3) is 0 Å². The van der Waals surface area contributed by atoms with E-state index in [-0.39, 0.29) is 5.92 Å². The lowest BCUT2D eigenvalue weighted by atomic mass is 9.98. The molecule has 1 N–H and O–H groups in total. The van der Waals surface area contributed by atoms with Crippen LogP contribution in [-0.2, 0) is 0 Å². The zero-order chi connectivity index (χ0) is 7.28. The van der Waals surface area contributed by atoms with Gasteiger partial charge in [-0.3, -0.25) is 0 Å². The van der Waals surface area contributed by atoms with Crippen LogP contribution in [-0.4, -0.2) is 17.9 Å². The molecule has 1 atom stereocenters. The number of alkyl halides is 1. The molecule has 0 saturated heterocycles. The van der Waals surface area contributed by atoms with Crippen LogP contribution in [0.1, 0.15) is 26.7 Å². The molecule has 2 heteroatoms. The van der Waals surface area contributed by atoms with Gasteiger partial charge in [0.2, 0.25) is 0 Å². The Morgan fingerprint density at radius 2 is 1.78 bits per heavy atom. The maximum Gasteiger partial charge on any atom is 0.116 e. The maximum atomic E-state index is 11.8. The molecular weight excluding hydrogens is 119 g/mol. The van der Waals surface area contributed by atoms with Crippen molar-refractivity contribution in [3.05, 3.63) is 0 Å². The van der Waals surface area contributed by atoms with Gasteiger partial charge in [0, 0.05) is 0 Å². The molecule has 0 aromatic carbocycles. The average Bonchev–Trinajstić information content (AvgIpc) is 1.90. The molecule has 0 aliphatic heterocycles. The highest BCUT2D eigenvalue weighted by Gasteiger charge is 2.13. The van der Waals surface area contributed by atoms with Crippen molar-refractivity contribution < 1.29 is 9.50 Å². The molecule has 1 nitrogen and oxygen atoms in total. The van der Waals surface area contributed by atoms with Crippen molar-refractivity contribution in [1.82, 2.24) is 0 Å². The van der Waals surface area contributed by atoms with Crippen LogP contribution in [0.2, 0.25) is 0 Å². The normalized spacial score (nSPS) is 14.3. The summed E-state index contributed by atoms with van der Waals surface area (Å²) in [4.78, 5) is 0. The van der Waals surface area contributed by atoms with Crippen molar-refractivity contribution in [2.75, 3.05) is 6.67 Å². The molecule has 0 rings (SSSR count). The van der Waals surface area contributed by atoms with Gasteiger partial charge in [0.1, 0.15) is 6.67 Å². The van der Waals surface area contributed by atoms with Crippen LogP contribution in [0, 0.1) is 5.92 Å². The Hall–Kier alpha value is -0.110. The molecule has 0 heterocycles. The largest absolute Gasteiger partial charge is 0.390 e. The first kappa shape index (κ1) is 8.89. The van der Waals surface area contributed by atoms with E-state index in [9.17, 15) is 4.39 Å². The molecule has 0 aromatic rings. The summed E-state index contributed by atoms with van der Waals surface area (Å²) in [6.07, 6.45) is 0.989. The molecule has 0 aromatic heterocycles. The summed E-state index contributed by atoms with van der Waals surface area (Å²) in [7, 11) is 0. The summed E-state index contributed by atoms with van der Waals surface area (Å²) in [6, 6.07) is 0. The third-order valence-corrected chi connectivity index (χ3v) is 1.75. The minimum absolute atomic E-state index is 0.148. The van der Waals surface area contributed by atoms with E-state index in [1.54, 1.807) is 0 Å². The van der Waals surface area contributed by atoms with Crippen molar-refractivity contribution in [3.63, 3.8) is 0 Å². The van der Waals surface area contributed by atoms with Crippen LogP contribution in [0.25, 0.3) is 0 Å². The lowest BCUT2D eigenvalue weighted by Gasteiger charge is -2.15. The smallest absolute Gasteiger partial charge is 0.116 e. The van der Waals surface area contributed by atoms with Crippen LogP contribution in [0.15, 0.2) is 0 Å². The van der Waals surface area contributed by atoms with Gasteiger partial charge in [-0.05, 0) is 5.92 Å². The van der Waals surface area contributed by atoms with Gasteiger partial charge in [0.15, 0.2) is 0 Å². The Labute approximate surface area is 55.9 Å². The summed E-state index contributed by atoms with van der Waals surface area (Å²) in [5.74, 6) is 0.148. The van der Waals surface area contributed by atoms with Crippen LogP contribution < -0.4 is 0 Å². The Balaban J connectivity index is 3.50. The Bertz CT molecular complexity index is 61.9. The van der Waals surface area contributed by atoms with Gasteiger partial charge < -0.3 is 5.11 Å². The molecule has 1 unspecified atom stereocenters. The van der Waals surface area contributed by atoms with Crippen molar-refractivity contribution in [1.29, 1.82) is 0 Å². The Morgan fingerprint density at radius 3 is 1.89 bits per heavy atom. The highest BCUT2D eigenvalue weighted by atomic mass is 19.1. The molecule has 0 aliphatic carbocycles. The van der Waals surface area contributed by atoms with Crippen molar-refractivity contribution in [2.24, 2.45) is 5.92 Å². The Morgan fingerprint density at radius 1 is 1.33 bits per heavy atom. The monoisotopic (exact) mass is 134 g/mol. The van der Waals surface area contributed by atoms with E-state index >= 15 is 0 Å². The standard InChI is InChI=1S/C7H15FO/c1-3-6(4-2)7(9)5-8/h6-7,9H,3-5H2,1-2H3. The van der Waals surface area contributed by atoms with Gasteiger partial charge in [-0.1, -0.05) is 26.7 Å². The van der Waals surface area contributed by atoms with Crippen LogP contribution in [0.4, 0.5) is 4.39 Å². The first-order chi connectivity index (χ1) is 4.26. The SMILES string of the molecule is CCC(CC)C(O)CF. The maximum absolute atomic E-state index is 11.8. The van der Waals surface area contributed by atoms with Crippen LogP contribution in [0.5, 0.6) is 0 Å². The lowest BCUT2D eigenvalue weighted by molar-refractivity contribution is 0.0766. The van der Waals surface area contributed by atoms with E-state index in [0.717, 1.165) is 12.8 Å². The van der Waals surface area contributed by atoms with Crippen LogP contribution in [0.3, 0.4) is 0 Å². The highest BCUT2D eigenvalue weighted by Crippen LogP contribution is 2.12. The van der Waals surface area contributed by atoms with Gasteiger partial charge in [0.05, 0.1) is 6.10 Å². The fourth-order valence-corrected chi connectivity index (χ4v) is 0.959. The van der Waals surface area contributed by atoms with E-state index in [4.69, 9.17) is 5.11 Å². The van der Waals surface area contributed by atoms with E-state index in [2.05, 4.69) is 0 Å². The van der Waals surface area contributed by atoms with Crippen molar-refractivity contribution in [2.45, 2.75) is 32.8 Å².